The zero-order chi connectivity index (χ0) is 13.8. The van der Waals surface area contributed by atoms with Gasteiger partial charge in [-0.25, -0.2) is 0 Å². The van der Waals surface area contributed by atoms with Gasteiger partial charge in [-0.15, -0.1) is 0 Å². The molecule has 3 rings (SSSR count). The van der Waals surface area contributed by atoms with Crippen molar-refractivity contribution in [3.8, 4) is 0 Å². The fourth-order valence-corrected chi connectivity index (χ4v) is 3.45. The van der Waals surface area contributed by atoms with Crippen LogP contribution in [0.1, 0.15) is 53.4 Å². The summed E-state index contributed by atoms with van der Waals surface area (Å²) >= 11 is 0. The van der Waals surface area contributed by atoms with Gasteiger partial charge in [-0.3, -0.25) is 4.79 Å². The van der Waals surface area contributed by atoms with Gasteiger partial charge in [0.1, 0.15) is 5.78 Å². The van der Waals surface area contributed by atoms with Gasteiger partial charge in [-0.05, 0) is 57.8 Å². The van der Waals surface area contributed by atoms with Crippen molar-refractivity contribution < 1.29 is 14.1 Å². The number of carbonyl (C=O) groups is 1. The molecule has 19 heavy (non-hydrogen) atoms. The molecular weight excluding hydrogens is 239 g/mol. The second kappa shape index (κ2) is 4.19. The smallest absolute Gasteiger partial charge is 0.400 e. The molecule has 4 heteroatoms. The molecule has 0 aromatic carbocycles. The minimum absolute atomic E-state index is 0.219. The van der Waals surface area contributed by atoms with E-state index in [2.05, 4.69) is 33.8 Å². The highest BCUT2D eigenvalue weighted by molar-refractivity contribution is 6.54. The fourth-order valence-electron chi connectivity index (χ4n) is 3.45. The number of Topliss-reactive ketones (excluding diaryl/α,β-unsaturated/α-hetero) is 1. The van der Waals surface area contributed by atoms with Gasteiger partial charge in [0, 0.05) is 12.8 Å². The zero-order valence-corrected chi connectivity index (χ0v) is 12.4. The standard InChI is InChI=1S/C15H23BO3/c1-14(2)15(3,4)19-16(18-14)12-6-10-5-11(7-12)9-13(17)8-10/h6,10-11H,5,7-9H2,1-4H3/t10-,11+/m1/s1. The molecule has 1 saturated heterocycles. The number of hydrogen-bond donors (Lipinski definition) is 0. The van der Waals surface area contributed by atoms with Crippen molar-refractivity contribution in [1.29, 1.82) is 0 Å². The normalized spacial score (nSPS) is 36.3. The highest BCUT2D eigenvalue weighted by Gasteiger charge is 2.53. The molecule has 0 spiro atoms. The SMILES string of the molecule is CC1(C)OB(C2=C[C@@H]3CC(=O)C[C@H](C2)C3)OC1(C)C. The summed E-state index contributed by atoms with van der Waals surface area (Å²) < 4.78 is 12.2. The number of rotatable bonds is 1. The Morgan fingerprint density at radius 1 is 1.11 bits per heavy atom. The molecule has 2 fully saturated rings. The van der Waals surface area contributed by atoms with Crippen LogP contribution in [0.2, 0.25) is 0 Å². The number of hydrogen-bond acceptors (Lipinski definition) is 3. The van der Waals surface area contributed by atoms with Crippen molar-refractivity contribution in [3.05, 3.63) is 11.5 Å². The molecule has 0 radical (unpaired) electrons. The third-order valence-electron chi connectivity index (χ3n) is 5.17. The van der Waals surface area contributed by atoms with E-state index in [1.165, 1.54) is 5.47 Å². The summed E-state index contributed by atoms with van der Waals surface area (Å²) in [5, 5.41) is 0. The van der Waals surface area contributed by atoms with Gasteiger partial charge in [0.2, 0.25) is 0 Å². The minimum atomic E-state index is -0.277. The molecule has 3 nitrogen and oxygen atoms in total. The molecule has 2 aliphatic carbocycles. The molecule has 1 heterocycles. The largest absolute Gasteiger partial charge is 0.490 e. The van der Waals surface area contributed by atoms with E-state index in [4.69, 9.17) is 9.31 Å². The maximum atomic E-state index is 11.6. The molecule has 0 aromatic heterocycles. The van der Waals surface area contributed by atoms with E-state index in [-0.39, 0.29) is 18.3 Å². The van der Waals surface area contributed by atoms with Gasteiger partial charge in [-0.2, -0.15) is 0 Å². The van der Waals surface area contributed by atoms with Crippen molar-refractivity contribution >= 4 is 12.9 Å². The highest BCUT2D eigenvalue weighted by atomic mass is 16.7. The Hall–Kier alpha value is -0.605. The highest BCUT2D eigenvalue weighted by Crippen LogP contribution is 2.43. The summed E-state index contributed by atoms with van der Waals surface area (Å²) in [5.41, 5.74) is 0.703. The lowest BCUT2D eigenvalue weighted by molar-refractivity contribution is -0.122. The van der Waals surface area contributed by atoms with Crippen LogP contribution in [0.4, 0.5) is 0 Å². The summed E-state index contributed by atoms with van der Waals surface area (Å²) in [4.78, 5) is 11.6. The first-order valence-corrected chi connectivity index (χ1v) is 7.35. The van der Waals surface area contributed by atoms with Gasteiger partial charge < -0.3 is 9.31 Å². The quantitative estimate of drug-likeness (QED) is 0.681. The second-order valence-corrected chi connectivity index (χ2v) is 7.34. The van der Waals surface area contributed by atoms with Gasteiger partial charge >= 0.3 is 7.12 Å². The number of ketones is 1. The topological polar surface area (TPSA) is 35.5 Å². The average molecular weight is 262 g/mol. The Kier molecular flexibility index (Phi) is 2.95. The third-order valence-corrected chi connectivity index (χ3v) is 5.17. The van der Waals surface area contributed by atoms with Crippen molar-refractivity contribution in [3.63, 3.8) is 0 Å². The van der Waals surface area contributed by atoms with E-state index in [9.17, 15) is 4.79 Å². The molecule has 0 amide bonds. The molecule has 0 aromatic rings. The van der Waals surface area contributed by atoms with Crippen molar-refractivity contribution in [2.75, 3.05) is 0 Å². The van der Waals surface area contributed by atoms with E-state index in [1.54, 1.807) is 0 Å². The van der Waals surface area contributed by atoms with Gasteiger partial charge in [0.15, 0.2) is 0 Å². The number of allylic oxidation sites excluding steroid dienone is 2. The van der Waals surface area contributed by atoms with Crippen LogP contribution in [-0.4, -0.2) is 24.1 Å². The summed E-state index contributed by atoms with van der Waals surface area (Å²) in [5.74, 6) is 1.34. The first-order valence-electron chi connectivity index (χ1n) is 7.35. The molecule has 104 valence electrons. The summed E-state index contributed by atoms with van der Waals surface area (Å²) in [6.07, 6.45) is 5.82. The van der Waals surface area contributed by atoms with E-state index >= 15 is 0 Å². The predicted octanol–water partition coefficient (Wildman–Crippen LogP) is 2.93. The van der Waals surface area contributed by atoms with Crippen LogP contribution < -0.4 is 0 Å². The monoisotopic (exact) mass is 262 g/mol. The Balaban J connectivity index is 1.80. The van der Waals surface area contributed by atoms with Crippen molar-refractivity contribution in [1.82, 2.24) is 0 Å². The minimum Gasteiger partial charge on any atom is -0.400 e. The maximum absolute atomic E-state index is 11.6. The molecule has 0 unspecified atom stereocenters. The molecular formula is C15H23BO3. The van der Waals surface area contributed by atoms with Crippen LogP contribution in [0.25, 0.3) is 0 Å². The number of fused-ring (bicyclic) bond motifs is 2. The summed E-state index contributed by atoms with van der Waals surface area (Å²) in [6, 6.07) is 0. The van der Waals surface area contributed by atoms with Crippen LogP contribution in [0.3, 0.4) is 0 Å². The predicted molar refractivity (Wildman–Crippen MR) is 74.6 cm³/mol. The maximum Gasteiger partial charge on any atom is 0.490 e. The molecule has 3 aliphatic rings. The van der Waals surface area contributed by atoms with E-state index < -0.39 is 0 Å². The van der Waals surface area contributed by atoms with Crippen molar-refractivity contribution in [2.45, 2.75) is 64.6 Å². The molecule has 2 bridgehead atoms. The van der Waals surface area contributed by atoms with Crippen molar-refractivity contribution in [2.24, 2.45) is 11.8 Å². The van der Waals surface area contributed by atoms with Crippen LogP contribution in [0.5, 0.6) is 0 Å². The average Bonchev–Trinajstić information content (AvgIpc) is 2.46. The Bertz CT molecular complexity index is 423. The Morgan fingerprint density at radius 3 is 2.32 bits per heavy atom. The van der Waals surface area contributed by atoms with Gasteiger partial charge in [0.25, 0.3) is 0 Å². The Labute approximate surface area is 115 Å². The summed E-state index contributed by atoms with van der Waals surface area (Å²) in [7, 11) is -0.219. The lowest BCUT2D eigenvalue weighted by atomic mass is 9.63. The second-order valence-electron chi connectivity index (χ2n) is 7.34. The van der Waals surface area contributed by atoms with Crippen LogP contribution in [-0.2, 0) is 14.1 Å². The molecule has 2 atom stereocenters. The first kappa shape index (κ1) is 13.4. The van der Waals surface area contributed by atoms with Gasteiger partial charge in [0.05, 0.1) is 11.2 Å². The van der Waals surface area contributed by atoms with E-state index in [1.807, 2.05) is 0 Å². The number of carbonyl (C=O) groups excluding carboxylic acids is 1. The molecule has 1 saturated carbocycles. The lowest BCUT2D eigenvalue weighted by Crippen LogP contribution is -2.41. The van der Waals surface area contributed by atoms with E-state index in [0.29, 0.717) is 24.0 Å². The van der Waals surface area contributed by atoms with E-state index in [0.717, 1.165) is 19.3 Å². The summed E-state index contributed by atoms with van der Waals surface area (Å²) in [6.45, 7) is 8.34. The lowest BCUT2D eigenvalue weighted by Gasteiger charge is -2.33. The molecule has 1 aliphatic heterocycles. The zero-order valence-electron chi connectivity index (χ0n) is 12.4. The fraction of sp³-hybridized carbons (Fsp3) is 0.800. The van der Waals surface area contributed by atoms with Gasteiger partial charge in [-0.1, -0.05) is 6.08 Å². The van der Waals surface area contributed by atoms with Crippen LogP contribution in [0, 0.1) is 11.8 Å². The Morgan fingerprint density at radius 2 is 1.74 bits per heavy atom. The first-order chi connectivity index (χ1) is 8.77. The molecule has 0 N–H and O–H groups in total. The third kappa shape index (κ3) is 2.29. The van der Waals surface area contributed by atoms with Crippen LogP contribution in [0.15, 0.2) is 11.5 Å². The van der Waals surface area contributed by atoms with Crippen LogP contribution >= 0.6 is 0 Å².